The molecule has 0 unspecified atom stereocenters. The largest absolute Gasteiger partial charge is 0.370 e. The monoisotopic (exact) mass is 266 g/mol. The van der Waals surface area contributed by atoms with E-state index in [4.69, 9.17) is 0 Å². The van der Waals surface area contributed by atoms with Gasteiger partial charge in [0, 0.05) is 19.2 Å². The molecular formula is C10H14N6OS. The van der Waals surface area contributed by atoms with Crippen molar-refractivity contribution >= 4 is 17.6 Å². The van der Waals surface area contributed by atoms with Crippen LogP contribution in [0.3, 0.4) is 0 Å². The van der Waals surface area contributed by atoms with Crippen molar-refractivity contribution in [3.63, 3.8) is 0 Å². The van der Waals surface area contributed by atoms with E-state index >= 15 is 0 Å². The molecule has 0 saturated heterocycles. The molecule has 0 saturated carbocycles. The summed E-state index contributed by atoms with van der Waals surface area (Å²) in [5, 5.41) is 10.8. The van der Waals surface area contributed by atoms with Gasteiger partial charge in [0.15, 0.2) is 5.16 Å². The maximum Gasteiger partial charge on any atom is 0.343 e. The van der Waals surface area contributed by atoms with Gasteiger partial charge in [0.05, 0.1) is 0 Å². The maximum absolute atomic E-state index is 11.4. The molecule has 2 heterocycles. The lowest BCUT2D eigenvalue weighted by molar-refractivity contribution is 0.660. The molecule has 2 rings (SSSR count). The summed E-state index contributed by atoms with van der Waals surface area (Å²) in [6.07, 6.45) is 1.49. The Hall–Kier alpha value is -1.83. The highest BCUT2D eigenvalue weighted by Gasteiger charge is 2.09. The summed E-state index contributed by atoms with van der Waals surface area (Å²) < 4.78 is 1.56. The topological polar surface area (TPSA) is 88.5 Å². The van der Waals surface area contributed by atoms with E-state index in [9.17, 15) is 4.79 Å². The van der Waals surface area contributed by atoms with E-state index in [1.165, 1.54) is 18.1 Å². The standard InChI is InChI=1S/C10H14N6OS/c1-3-11-7-5-8(13-6-12-7)18-10-15-14-9(17)16(10)4-2/h5-6H,3-4H2,1-2H3,(H,14,17)(H,11,12,13). The van der Waals surface area contributed by atoms with Crippen LogP contribution >= 0.6 is 11.8 Å². The molecule has 0 spiro atoms. The molecule has 0 aliphatic heterocycles. The normalized spacial score (nSPS) is 10.6. The van der Waals surface area contributed by atoms with Crippen molar-refractivity contribution in [3.8, 4) is 0 Å². The van der Waals surface area contributed by atoms with Gasteiger partial charge >= 0.3 is 5.69 Å². The van der Waals surface area contributed by atoms with Crippen molar-refractivity contribution in [1.82, 2.24) is 24.7 Å². The Balaban J connectivity index is 2.22. The van der Waals surface area contributed by atoms with Crippen molar-refractivity contribution in [1.29, 1.82) is 0 Å². The lowest BCUT2D eigenvalue weighted by Crippen LogP contribution is -2.16. The molecule has 2 aromatic rings. The van der Waals surface area contributed by atoms with Gasteiger partial charge in [-0.15, -0.1) is 5.10 Å². The molecule has 0 aromatic carbocycles. The number of rotatable bonds is 5. The summed E-state index contributed by atoms with van der Waals surface area (Å²) in [6.45, 7) is 5.26. The second-order valence-electron chi connectivity index (χ2n) is 3.43. The molecule has 0 fully saturated rings. The highest BCUT2D eigenvalue weighted by Crippen LogP contribution is 2.23. The Morgan fingerprint density at radius 1 is 1.44 bits per heavy atom. The number of aromatic amines is 1. The van der Waals surface area contributed by atoms with E-state index in [1.807, 2.05) is 19.9 Å². The number of H-pyrrole nitrogens is 1. The second-order valence-corrected chi connectivity index (χ2v) is 4.42. The average molecular weight is 266 g/mol. The molecule has 18 heavy (non-hydrogen) atoms. The molecule has 0 aliphatic carbocycles. The summed E-state index contributed by atoms with van der Waals surface area (Å²) in [5.41, 5.74) is -0.207. The molecule has 8 heteroatoms. The summed E-state index contributed by atoms with van der Waals surface area (Å²) in [4.78, 5) is 19.6. The van der Waals surface area contributed by atoms with E-state index in [2.05, 4.69) is 25.5 Å². The van der Waals surface area contributed by atoms with Crippen molar-refractivity contribution in [3.05, 3.63) is 22.9 Å². The van der Waals surface area contributed by atoms with Gasteiger partial charge in [0.1, 0.15) is 17.2 Å². The third-order valence-corrected chi connectivity index (χ3v) is 3.16. The first-order valence-corrected chi connectivity index (χ1v) is 6.45. The number of aromatic nitrogens is 5. The minimum atomic E-state index is -0.207. The van der Waals surface area contributed by atoms with E-state index in [1.54, 1.807) is 4.57 Å². The van der Waals surface area contributed by atoms with Crippen LogP contribution in [0.2, 0.25) is 0 Å². The van der Waals surface area contributed by atoms with Gasteiger partial charge in [0.2, 0.25) is 0 Å². The van der Waals surface area contributed by atoms with Crippen molar-refractivity contribution in [2.45, 2.75) is 30.6 Å². The van der Waals surface area contributed by atoms with Gasteiger partial charge in [-0.05, 0) is 25.6 Å². The number of hydrogen-bond donors (Lipinski definition) is 2. The zero-order valence-corrected chi connectivity index (χ0v) is 11.0. The van der Waals surface area contributed by atoms with Crippen molar-refractivity contribution in [2.24, 2.45) is 0 Å². The fourth-order valence-electron chi connectivity index (χ4n) is 1.43. The predicted octanol–water partition coefficient (Wildman–Crippen LogP) is 0.964. The van der Waals surface area contributed by atoms with Gasteiger partial charge in [-0.1, -0.05) is 0 Å². The predicted molar refractivity (Wildman–Crippen MR) is 68.8 cm³/mol. The van der Waals surface area contributed by atoms with Gasteiger partial charge in [0.25, 0.3) is 0 Å². The van der Waals surface area contributed by atoms with Gasteiger partial charge in [-0.25, -0.2) is 19.9 Å². The van der Waals surface area contributed by atoms with E-state index < -0.39 is 0 Å². The van der Waals surface area contributed by atoms with Gasteiger partial charge in [-0.2, -0.15) is 0 Å². The van der Waals surface area contributed by atoms with E-state index in [0.717, 1.165) is 17.4 Å². The van der Waals surface area contributed by atoms with Crippen LogP contribution in [0, 0.1) is 0 Å². The highest BCUT2D eigenvalue weighted by molar-refractivity contribution is 7.99. The average Bonchev–Trinajstić information content (AvgIpc) is 2.71. The van der Waals surface area contributed by atoms with Crippen LogP contribution in [0.5, 0.6) is 0 Å². The van der Waals surface area contributed by atoms with Crippen molar-refractivity contribution < 1.29 is 0 Å². The zero-order chi connectivity index (χ0) is 13.0. The zero-order valence-electron chi connectivity index (χ0n) is 10.2. The molecule has 0 aliphatic rings. The fraction of sp³-hybridized carbons (Fsp3) is 0.400. The summed E-state index contributed by atoms with van der Waals surface area (Å²) in [5.74, 6) is 0.760. The Bertz CT molecular complexity index is 578. The third kappa shape index (κ3) is 2.70. The lowest BCUT2D eigenvalue weighted by Gasteiger charge is -2.04. The van der Waals surface area contributed by atoms with E-state index in [0.29, 0.717) is 11.7 Å². The Kier molecular flexibility index (Phi) is 3.98. The van der Waals surface area contributed by atoms with Gasteiger partial charge < -0.3 is 5.32 Å². The molecule has 0 atom stereocenters. The second kappa shape index (κ2) is 5.67. The quantitative estimate of drug-likeness (QED) is 0.784. The molecular weight excluding hydrogens is 252 g/mol. The van der Waals surface area contributed by atoms with Crippen LogP contribution in [-0.2, 0) is 6.54 Å². The summed E-state index contributed by atoms with van der Waals surface area (Å²) in [7, 11) is 0. The maximum atomic E-state index is 11.4. The smallest absolute Gasteiger partial charge is 0.343 e. The Morgan fingerprint density at radius 2 is 2.28 bits per heavy atom. The van der Waals surface area contributed by atoms with Crippen LogP contribution in [0.1, 0.15) is 13.8 Å². The first kappa shape index (κ1) is 12.6. The molecule has 0 amide bonds. The van der Waals surface area contributed by atoms with Crippen LogP contribution in [-0.4, -0.2) is 31.3 Å². The van der Waals surface area contributed by atoms with E-state index in [-0.39, 0.29) is 5.69 Å². The number of anilines is 1. The minimum Gasteiger partial charge on any atom is -0.370 e. The molecule has 0 bridgehead atoms. The third-order valence-electron chi connectivity index (χ3n) is 2.24. The molecule has 7 nitrogen and oxygen atoms in total. The van der Waals surface area contributed by atoms with Crippen molar-refractivity contribution in [2.75, 3.05) is 11.9 Å². The first-order chi connectivity index (χ1) is 8.74. The SMILES string of the molecule is CCNc1cc(Sc2n[nH]c(=O)n2CC)ncn1. The van der Waals surface area contributed by atoms with Crippen LogP contribution in [0.4, 0.5) is 5.82 Å². The van der Waals surface area contributed by atoms with Gasteiger partial charge in [-0.3, -0.25) is 4.57 Å². The Labute approximate surface area is 108 Å². The number of hydrogen-bond acceptors (Lipinski definition) is 6. The lowest BCUT2D eigenvalue weighted by atomic mass is 10.5. The fourth-order valence-corrected chi connectivity index (χ4v) is 2.30. The first-order valence-electron chi connectivity index (χ1n) is 5.63. The van der Waals surface area contributed by atoms with Crippen LogP contribution < -0.4 is 11.0 Å². The minimum absolute atomic E-state index is 0.207. The molecule has 2 N–H and O–H groups in total. The number of nitrogens with zero attached hydrogens (tertiary/aromatic N) is 4. The summed E-state index contributed by atoms with van der Waals surface area (Å²) in [6, 6.07) is 1.83. The molecule has 0 radical (unpaired) electrons. The Morgan fingerprint density at radius 3 is 3.00 bits per heavy atom. The molecule has 2 aromatic heterocycles. The number of nitrogens with one attached hydrogen (secondary N) is 2. The highest BCUT2D eigenvalue weighted by atomic mass is 32.2. The van der Waals surface area contributed by atoms with Crippen LogP contribution in [0.25, 0.3) is 0 Å². The van der Waals surface area contributed by atoms with Crippen LogP contribution in [0.15, 0.2) is 27.4 Å². The summed E-state index contributed by atoms with van der Waals surface area (Å²) >= 11 is 1.33. The molecule has 96 valence electrons.